The zero-order chi connectivity index (χ0) is 19.9. The van der Waals surface area contributed by atoms with Crippen molar-refractivity contribution in [3.05, 3.63) is 28.5 Å². The molecule has 0 saturated heterocycles. The molecule has 0 atom stereocenters. The average Bonchev–Trinajstić information content (AvgIpc) is 2.92. The molecular formula is C17H23ClF3N5. The molecule has 0 fully saturated rings. The maximum absolute atomic E-state index is 13.0. The van der Waals surface area contributed by atoms with Gasteiger partial charge in [-0.15, -0.1) is 5.10 Å². The first-order valence-corrected chi connectivity index (χ1v) is 8.67. The number of halogens is 4. The van der Waals surface area contributed by atoms with E-state index in [9.17, 15) is 13.2 Å². The first-order chi connectivity index (χ1) is 11.9. The van der Waals surface area contributed by atoms with Crippen LogP contribution in [0.1, 0.15) is 46.0 Å². The average molecular weight is 390 g/mol. The fraction of sp³-hybridized carbons (Fsp3) is 0.529. The van der Waals surface area contributed by atoms with Gasteiger partial charge in [-0.25, -0.2) is 0 Å². The summed E-state index contributed by atoms with van der Waals surface area (Å²) in [5.41, 5.74) is 4.77. The Hall–Kier alpha value is -1.96. The van der Waals surface area contributed by atoms with E-state index in [2.05, 4.69) is 10.1 Å². The Morgan fingerprint density at radius 2 is 1.73 bits per heavy atom. The highest BCUT2D eigenvalue weighted by Gasteiger charge is 2.33. The van der Waals surface area contributed by atoms with Gasteiger partial charge in [0.15, 0.2) is 5.82 Å². The van der Waals surface area contributed by atoms with Crippen LogP contribution >= 0.6 is 11.6 Å². The van der Waals surface area contributed by atoms with E-state index >= 15 is 0 Å². The molecule has 26 heavy (non-hydrogen) atoms. The van der Waals surface area contributed by atoms with E-state index < -0.39 is 11.7 Å². The fourth-order valence-electron chi connectivity index (χ4n) is 2.49. The van der Waals surface area contributed by atoms with Gasteiger partial charge in [0.1, 0.15) is 5.69 Å². The van der Waals surface area contributed by atoms with Crippen molar-refractivity contribution in [1.29, 1.82) is 0 Å². The zero-order valence-corrected chi connectivity index (χ0v) is 16.2. The van der Waals surface area contributed by atoms with Gasteiger partial charge in [0.05, 0.1) is 16.3 Å². The van der Waals surface area contributed by atoms with E-state index in [0.29, 0.717) is 24.9 Å². The van der Waals surface area contributed by atoms with Gasteiger partial charge in [-0.1, -0.05) is 32.4 Å². The summed E-state index contributed by atoms with van der Waals surface area (Å²) in [6.45, 7) is 11.1. The van der Waals surface area contributed by atoms with E-state index in [0.717, 1.165) is 12.1 Å². The third-order valence-corrected chi connectivity index (χ3v) is 4.23. The molecule has 1 aromatic carbocycles. The first-order valence-electron chi connectivity index (χ1n) is 8.29. The number of anilines is 2. The first kappa shape index (κ1) is 20.4. The van der Waals surface area contributed by atoms with Crippen LogP contribution in [0.4, 0.5) is 24.8 Å². The van der Waals surface area contributed by atoms with Gasteiger partial charge in [0, 0.05) is 18.5 Å². The summed E-state index contributed by atoms with van der Waals surface area (Å²) < 4.78 is 40.4. The molecule has 0 bridgehead atoms. The summed E-state index contributed by atoms with van der Waals surface area (Å²) in [7, 11) is 0. The van der Waals surface area contributed by atoms with Crippen molar-refractivity contribution in [3.63, 3.8) is 0 Å². The van der Waals surface area contributed by atoms with Gasteiger partial charge in [0.2, 0.25) is 5.95 Å². The van der Waals surface area contributed by atoms with Gasteiger partial charge < -0.3 is 10.6 Å². The normalized spacial score (nSPS) is 12.5. The van der Waals surface area contributed by atoms with E-state index in [-0.39, 0.29) is 21.8 Å². The molecule has 5 nitrogen and oxygen atoms in total. The zero-order valence-electron chi connectivity index (χ0n) is 15.4. The lowest BCUT2D eigenvalue weighted by Crippen LogP contribution is -2.26. The number of nitrogen functional groups attached to an aromatic ring is 1. The lowest BCUT2D eigenvalue weighted by Gasteiger charge is -2.21. The lowest BCUT2D eigenvalue weighted by molar-refractivity contribution is -0.137. The van der Waals surface area contributed by atoms with Crippen molar-refractivity contribution in [3.8, 4) is 5.69 Å². The van der Waals surface area contributed by atoms with Crippen LogP contribution in [0.15, 0.2) is 12.1 Å². The number of alkyl halides is 3. The molecule has 0 unspecified atom stereocenters. The molecule has 2 N–H and O–H groups in total. The maximum atomic E-state index is 13.0. The molecule has 0 saturated carbocycles. The number of nitrogens with zero attached hydrogens (tertiary/aromatic N) is 4. The van der Waals surface area contributed by atoms with Crippen LogP contribution < -0.4 is 10.6 Å². The van der Waals surface area contributed by atoms with E-state index in [1.165, 1.54) is 4.68 Å². The Morgan fingerprint density at radius 3 is 2.15 bits per heavy atom. The van der Waals surface area contributed by atoms with Crippen LogP contribution in [-0.2, 0) is 11.6 Å². The quantitative estimate of drug-likeness (QED) is 0.772. The number of hydrogen-bond acceptors (Lipinski definition) is 4. The Balaban J connectivity index is 2.73. The van der Waals surface area contributed by atoms with Gasteiger partial charge in [-0.05, 0) is 26.0 Å². The second kappa shape index (κ2) is 6.98. The third-order valence-electron chi connectivity index (χ3n) is 3.94. The van der Waals surface area contributed by atoms with E-state index in [4.69, 9.17) is 17.3 Å². The minimum Gasteiger partial charge on any atom is -0.397 e. The van der Waals surface area contributed by atoms with E-state index in [1.807, 2.05) is 39.5 Å². The van der Waals surface area contributed by atoms with Gasteiger partial charge in [-0.3, -0.25) is 0 Å². The van der Waals surface area contributed by atoms with Crippen LogP contribution in [0.3, 0.4) is 0 Å². The summed E-state index contributed by atoms with van der Waals surface area (Å²) in [6, 6.07) is 1.73. The lowest BCUT2D eigenvalue weighted by atomic mass is 9.96. The molecule has 144 valence electrons. The molecule has 0 aliphatic heterocycles. The smallest absolute Gasteiger partial charge is 0.397 e. The highest BCUT2D eigenvalue weighted by Crippen LogP contribution is 2.38. The van der Waals surface area contributed by atoms with Crippen molar-refractivity contribution < 1.29 is 13.2 Å². The third kappa shape index (κ3) is 3.90. The van der Waals surface area contributed by atoms with Gasteiger partial charge in [0.25, 0.3) is 0 Å². The van der Waals surface area contributed by atoms with Crippen molar-refractivity contribution in [2.45, 2.75) is 46.2 Å². The summed E-state index contributed by atoms with van der Waals surface area (Å²) in [4.78, 5) is 6.53. The van der Waals surface area contributed by atoms with Crippen molar-refractivity contribution >= 4 is 23.2 Å². The Labute approximate surface area is 155 Å². The van der Waals surface area contributed by atoms with Crippen LogP contribution in [-0.4, -0.2) is 27.9 Å². The SMILES string of the molecule is CCN(CC)c1nc(C(C)(C)C)nn1-c1c(N)cc(C(F)(F)F)cc1Cl. The summed E-state index contributed by atoms with van der Waals surface area (Å²) in [6.07, 6.45) is -4.53. The van der Waals surface area contributed by atoms with E-state index in [1.54, 1.807) is 0 Å². The molecule has 0 amide bonds. The molecule has 2 rings (SSSR count). The molecule has 0 aliphatic carbocycles. The van der Waals surface area contributed by atoms with Crippen LogP contribution in [0.25, 0.3) is 5.69 Å². The fourth-order valence-corrected chi connectivity index (χ4v) is 2.80. The second-order valence-corrected chi connectivity index (χ2v) is 7.37. The Bertz CT molecular complexity index is 766. The van der Waals surface area contributed by atoms with Crippen molar-refractivity contribution in [1.82, 2.24) is 14.8 Å². The molecule has 1 heterocycles. The van der Waals surface area contributed by atoms with Crippen LogP contribution in [0.2, 0.25) is 5.02 Å². The monoisotopic (exact) mass is 389 g/mol. The van der Waals surface area contributed by atoms with Crippen LogP contribution in [0.5, 0.6) is 0 Å². The standard InChI is InChI=1S/C17H23ClF3N5/c1-6-25(7-2)15-23-14(16(3,4)5)24-26(15)13-11(18)8-10(9-12(13)22)17(19,20)21/h8-9H,6-7,22H2,1-5H3. The summed E-state index contributed by atoms with van der Waals surface area (Å²) in [5.74, 6) is 1.04. The van der Waals surface area contributed by atoms with Gasteiger partial charge in [-0.2, -0.15) is 22.8 Å². The minimum atomic E-state index is -4.53. The number of aromatic nitrogens is 3. The highest BCUT2D eigenvalue weighted by atomic mass is 35.5. The summed E-state index contributed by atoms with van der Waals surface area (Å²) >= 11 is 6.17. The second-order valence-electron chi connectivity index (χ2n) is 6.96. The molecule has 0 radical (unpaired) electrons. The predicted molar refractivity (Wildman–Crippen MR) is 98.0 cm³/mol. The van der Waals surface area contributed by atoms with Gasteiger partial charge >= 0.3 is 6.18 Å². The highest BCUT2D eigenvalue weighted by molar-refractivity contribution is 6.33. The minimum absolute atomic E-state index is 0.108. The van der Waals surface area contributed by atoms with Crippen LogP contribution in [0, 0.1) is 0 Å². The largest absolute Gasteiger partial charge is 0.416 e. The maximum Gasteiger partial charge on any atom is 0.416 e. The molecule has 0 aliphatic rings. The number of benzene rings is 1. The Morgan fingerprint density at radius 1 is 1.15 bits per heavy atom. The molecular weight excluding hydrogens is 367 g/mol. The Kier molecular flexibility index (Phi) is 5.46. The molecule has 2 aromatic rings. The topological polar surface area (TPSA) is 60.0 Å². The van der Waals surface area contributed by atoms with Crippen molar-refractivity contribution in [2.75, 3.05) is 23.7 Å². The predicted octanol–water partition coefficient (Wildman–Crippen LogP) is 4.67. The van der Waals surface area contributed by atoms with Crippen molar-refractivity contribution in [2.24, 2.45) is 0 Å². The number of rotatable bonds is 4. The number of hydrogen-bond donors (Lipinski definition) is 1. The molecule has 1 aromatic heterocycles. The molecule has 9 heteroatoms. The summed E-state index contributed by atoms with van der Waals surface area (Å²) in [5, 5.41) is 4.37. The molecule has 0 spiro atoms. The number of nitrogens with two attached hydrogens (primary N) is 1.